The largest absolute Gasteiger partial charge is 0.385 e. The number of fused-ring (bicyclic) bond motifs is 1. The maximum absolute atomic E-state index is 13.5. The fraction of sp³-hybridized carbons (Fsp3) is 0.160. The summed E-state index contributed by atoms with van der Waals surface area (Å²) in [5.41, 5.74) is 3.17. The Hall–Kier alpha value is -3.73. The molecule has 30 heavy (non-hydrogen) atoms. The lowest BCUT2D eigenvalue weighted by Crippen LogP contribution is -2.40. The molecular weight excluding hydrogens is 374 g/mol. The molecule has 3 aromatic carbocycles. The number of nitrogens with one attached hydrogen (secondary N) is 1. The molecule has 5 heteroatoms. The average molecular weight is 395 g/mol. The SMILES string of the molecule is CCCCNc1ccc2c3c(cccc13)C(=O)N(c1cccc3cccnc13)C2=O. The number of unbranched alkanes of at least 4 members (excludes halogenated alkanes) is 1. The van der Waals surface area contributed by atoms with Crippen LogP contribution in [0.4, 0.5) is 11.4 Å². The van der Waals surface area contributed by atoms with Gasteiger partial charge in [0.2, 0.25) is 0 Å². The smallest absolute Gasteiger partial charge is 0.266 e. The zero-order chi connectivity index (χ0) is 20.7. The van der Waals surface area contributed by atoms with Gasteiger partial charge in [-0.1, -0.05) is 43.7 Å². The summed E-state index contributed by atoms with van der Waals surface area (Å²) in [5, 5.41) is 5.95. The Bertz CT molecular complexity index is 1290. The van der Waals surface area contributed by atoms with E-state index >= 15 is 0 Å². The van der Waals surface area contributed by atoms with Crippen LogP contribution in [0.1, 0.15) is 40.5 Å². The van der Waals surface area contributed by atoms with Gasteiger partial charge in [0.05, 0.1) is 11.2 Å². The van der Waals surface area contributed by atoms with Gasteiger partial charge in [-0.05, 0) is 36.8 Å². The molecule has 0 spiro atoms. The van der Waals surface area contributed by atoms with Crippen molar-refractivity contribution in [3.05, 3.63) is 78.0 Å². The number of rotatable bonds is 5. The second kappa shape index (κ2) is 7.26. The van der Waals surface area contributed by atoms with Crippen LogP contribution in [0, 0.1) is 0 Å². The van der Waals surface area contributed by atoms with Crippen LogP contribution in [0.5, 0.6) is 0 Å². The van der Waals surface area contributed by atoms with Crippen molar-refractivity contribution in [2.24, 2.45) is 0 Å². The average Bonchev–Trinajstić information content (AvgIpc) is 2.78. The van der Waals surface area contributed by atoms with E-state index in [0.717, 1.165) is 41.2 Å². The number of imide groups is 1. The van der Waals surface area contributed by atoms with Crippen LogP contribution < -0.4 is 10.2 Å². The lowest BCUT2D eigenvalue weighted by molar-refractivity contribution is 0.0894. The van der Waals surface area contributed by atoms with Crippen molar-refractivity contribution < 1.29 is 9.59 Å². The number of benzene rings is 3. The minimum absolute atomic E-state index is 0.318. The van der Waals surface area contributed by atoms with Crippen LogP contribution in [0.15, 0.2) is 66.9 Å². The fourth-order valence-electron chi connectivity index (χ4n) is 4.14. The predicted molar refractivity (Wildman–Crippen MR) is 120 cm³/mol. The number of pyridine rings is 1. The fourth-order valence-corrected chi connectivity index (χ4v) is 4.14. The van der Waals surface area contributed by atoms with Crippen molar-refractivity contribution in [3.63, 3.8) is 0 Å². The van der Waals surface area contributed by atoms with Crippen molar-refractivity contribution in [1.82, 2.24) is 4.98 Å². The van der Waals surface area contributed by atoms with Gasteiger partial charge in [-0.3, -0.25) is 14.6 Å². The van der Waals surface area contributed by atoms with Crippen LogP contribution in [0.3, 0.4) is 0 Å². The number of anilines is 2. The monoisotopic (exact) mass is 395 g/mol. The molecular formula is C25H21N3O2. The summed E-state index contributed by atoms with van der Waals surface area (Å²) in [6, 6.07) is 18.7. The van der Waals surface area contributed by atoms with E-state index in [1.54, 1.807) is 18.3 Å². The van der Waals surface area contributed by atoms with E-state index in [4.69, 9.17) is 0 Å². The lowest BCUT2D eigenvalue weighted by atomic mass is 9.92. The third-order valence-corrected chi connectivity index (χ3v) is 5.61. The highest BCUT2D eigenvalue weighted by atomic mass is 16.2. The van der Waals surface area contributed by atoms with Gasteiger partial charge in [0, 0.05) is 45.7 Å². The molecule has 1 aliphatic rings. The number of nitrogens with zero attached hydrogens (tertiary/aromatic N) is 2. The van der Waals surface area contributed by atoms with E-state index in [2.05, 4.69) is 17.2 Å². The number of hydrogen-bond acceptors (Lipinski definition) is 4. The van der Waals surface area contributed by atoms with E-state index < -0.39 is 0 Å². The van der Waals surface area contributed by atoms with Crippen molar-refractivity contribution in [1.29, 1.82) is 0 Å². The molecule has 5 rings (SSSR count). The van der Waals surface area contributed by atoms with Gasteiger partial charge in [-0.15, -0.1) is 0 Å². The van der Waals surface area contributed by atoms with Gasteiger partial charge in [0.15, 0.2) is 0 Å². The molecule has 0 radical (unpaired) electrons. The summed E-state index contributed by atoms with van der Waals surface area (Å²) in [5.74, 6) is -0.635. The number of para-hydroxylation sites is 1. The van der Waals surface area contributed by atoms with E-state index in [9.17, 15) is 9.59 Å². The van der Waals surface area contributed by atoms with Crippen molar-refractivity contribution in [3.8, 4) is 0 Å². The van der Waals surface area contributed by atoms with Gasteiger partial charge in [-0.2, -0.15) is 0 Å². The molecule has 1 aromatic heterocycles. The molecule has 0 unspecified atom stereocenters. The zero-order valence-electron chi connectivity index (χ0n) is 16.7. The number of amides is 2. The summed E-state index contributed by atoms with van der Waals surface area (Å²) < 4.78 is 0. The van der Waals surface area contributed by atoms with E-state index in [1.165, 1.54) is 4.90 Å². The second-order valence-corrected chi connectivity index (χ2v) is 7.47. The van der Waals surface area contributed by atoms with Crippen LogP contribution in [-0.2, 0) is 0 Å². The first kappa shape index (κ1) is 18.3. The van der Waals surface area contributed by atoms with Crippen LogP contribution in [-0.4, -0.2) is 23.3 Å². The van der Waals surface area contributed by atoms with Crippen LogP contribution >= 0.6 is 0 Å². The predicted octanol–water partition coefficient (Wildman–Crippen LogP) is 5.40. The normalized spacial score (nSPS) is 13.3. The quantitative estimate of drug-likeness (QED) is 0.363. The van der Waals surface area contributed by atoms with Gasteiger partial charge in [0.1, 0.15) is 0 Å². The number of aromatic nitrogens is 1. The molecule has 5 nitrogen and oxygen atoms in total. The third-order valence-electron chi connectivity index (χ3n) is 5.61. The molecule has 0 atom stereocenters. The Morgan fingerprint density at radius 1 is 0.900 bits per heavy atom. The minimum Gasteiger partial charge on any atom is -0.385 e. The first-order valence-corrected chi connectivity index (χ1v) is 10.2. The van der Waals surface area contributed by atoms with Crippen LogP contribution in [0.25, 0.3) is 21.7 Å². The van der Waals surface area contributed by atoms with Gasteiger partial charge >= 0.3 is 0 Å². The highest BCUT2D eigenvalue weighted by Crippen LogP contribution is 2.37. The Kier molecular flexibility index (Phi) is 4.43. The molecule has 0 aliphatic carbocycles. The highest BCUT2D eigenvalue weighted by molar-refractivity contribution is 6.37. The number of hydrogen-bond donors (Lipinski definition) is 1. The van der Waals surface area contributed by atoms with E-state index in [1.807, 2.05) is 48.5 Å². The maximum Gasteiger partial charge on any atom is 0.266 e. The molecule has 1 aliphatic heterocycles. The standard InChI is InChI=1S/C25H21N3O2/c1-2-3-14-26-20-13-12-19-22-17(20)9-5-10-18(22)24(29)28(25(19)30)21-11-4-7-16-8-6-15-27-23(16)21/h4-13,15,26H,2-3,14H2,1H3. The summed E-state index contributed by atoms with van der Waals surface area (Å²) in [7, 11) is 0. The molecule has 2 amide bonds. The van der Waals surface area contributed by atoms with E-state index in [-0.39, 0.29) is 11.8 Å². The third kappa shape index (κ3) is 2.74. The second-order valence-electron chi connectivity index (χ2n) is 7.47. The van der Waals surface area contributed by atoms with Crippen molar-refractivity contribution >= 4 is 44.9 Å². The highest BCUT2D eigenvalue weighted by Gasteiger charge is 2.35. The van der Waals surface area contributed by atoms with Crippen molar-refractivity contribution in [2.45, 2.75) is 19.8 Å². The summed E-state index contributed by atoms with van der Waals surface area (Å²) in [6.07, 6.45) is 3.83. The molecule has 0 saturated carbocycles. The maximum atomic E-state index is 13.5. The topological polar surface area (TPSA) is 62.3 Å². The Morgan fingerprint density at radius 2 is 1.67 bits per heavy atom. The summed E-state index contributed by atoms with van der Waals surface area (Å²) >= 11 is 0. The lowest BCUT2D eigenvalue weighted by Gasteiger charge is -2.28. The summed E-state index contributed by atoms with van der Waals surface area (Å²) in [4.78, 5) is 32.7. The molecule has 0 fully saturated rings. The minimum atomic E-state index is -0.318. The number of carbonyl (C=O) groups is 2. The van der Waals surface area contributed by atoms with Gasteiger partial charge < -0.3 is 5.32 Å². The van der Waals surface area contributed by atoms with Gasteiger partial charge in [0.25, 0.3) is 11.8 Å². The molecule has 4 aromatic rings. The molecule has 148 valence electrons. The van der Waals surface area contributed by atoms with Crippen molar-refractivity contribution in [2.75, 3.05) is 16.8 Å². The summed E-state index contributed by atoms with van der Waals surface area (Å²) in [6.45, 7) is 3.00. The zero-order valence-corrected chi connectivity index (χ0v) is 16.7. The molecule has 0 bridgehead atoms. The van der Waals surface area contributed by atoms with Gasteiger partial charge in [-0.25, -0.2) is 4.90 Å². The Morgan fingerprint density at radius 3 is 2.50 bits per heavy atom. The van der Waals surface area contributed by atoms with Crippen LogP contribution in [0.2, 0.25) is 0 Å². The first-order valence-electron chi connectivity index (χ1n) is 10.2. The van der Waals surface area contributed by atoms with E-state index in [0.29, 0.717) is 22.3 Å². The Balaban J connectivity index is 1.68. The first-order chi connectivity index (χ1) is 14.7. The molecule has 0 saturated heterocycles. The molecule has 2 heterocycles. The number of carbonyl (C=O) groups excluding carboxylic acids is 2. The Labute approximate surface area is 174 Å². The molecule has 1 N–H and O–H groups in total.